The van der Waals surface area contributed by atoms with Gasteiger partial charge in [0.15, 0.2) is 0 Å². The number of hydrogen-bond acceptors (Lipinski definition) is 3. The van der Waals surface area contributed by atoms with Gasteiger partial charge in [0.25, 0.3) is 11.8 Å². The number of halogens is 1. The molecule has 0 aliphatic carbocycles. The summed E-state index contributed by atoms with van der Waals surface area (Å²) >= 11 is 0. The highest BCUT2D eigenvalue weighted by atomic mass is 19.1. The number of aromatic nitrogens is 2. The second-order valence-corrected chi connectivity index (χ2v) is 7.96. The number of rotatable bonds is 4. The molecule has 2 N–H and O–H groups in total. The molecule has 3 aromatic carbocycles. The Kier molecular flexibility index (Phi) is 4.48. The summed E-state index contributed by atoms with van der Waals surface area (Å²) in [5, 5.41) is 6.73. The number of benzene rings is 3. The number of amides is 2. The molecule has 5 aromatic rings. The molecule has 1 aliphatic heterocycles. The van der Waals surface area contributed by atoms with E-state index >= 15 is 0 Å². The number of para-hydroxylation sites is 2. The minimum absolute atomic E-state index is 0.281. The monoisotopic (exact) mass is 448 g/mol. The molecule has 0 spiro atoms. The van der Waals surface area contributed by atoms with Crippen LogP contribution in [0.25, 0.3) is 33.0 Å². The summed E-state index contributed by atoms with van der Waals surface area (Å²) in [7, 11) is 0. The molecule has 0 radical (unpaired) electrons. The van der Waals surface area contributed by atoms with Gasteiger partial charge in [-0.15, -0.1) is 0 Å². The van der Waals surface area contributed by atoms with Crippen molar-refractivity contribution in [2.24, 2.45) is 5.10 Å². The number of carbonyl (C=O) groups is 2. The van der Waals surface area contributed by atoms with Gasteiger partial charge in [0.2, 0.25) is 0 Å². The highest BCUT2D eigenvalue weighted by Crippen LogP contribution is 2.40. The smallest absolute Gasteiger partial charge is 0.283 e. The highest BCUT2D eigenvalue weighted by Gasteiger charge is 2.41. The Morgan fingerprint density at radius 2 is 1.21 bits per heavy atom. The van der Waals surface area contributed by atoms with Gasteiger partial charge < -0.3 is 9.97 Å². The number of nitrogens with zero attached hydrogens (tertiary/aromatic N) is 2. The van der Waals surface area contributed by atoms with Gasteiger partial charge in [-0.05, 0) is 29.8 Å². The molecule has 34 heavy (non-hydrogen) atoms. The largest absolute Gasteiger partial charge is 0.361 e. The summed E-state index contributed by atoms with van der Waals surface area (Å²) in [6.45, 7) is 0. The first-order valence-electron chi connectivity index (χ1n) is 10.7. The van der Waals surface area contributed by atoms with Crippen LogP contribution < -0.4 is 0 Å². The fourth-order valence-corrected chi connectivity index (χ4v) is 4.35. The molecule has 0 unspecified atom stereocenters. The summed E-state index contributed by atoms with van der Waals surface area (Å²) in [5.74, 6) is -1.42. The fraction of sp³-hybridized carbons (Fsp3) is 0. The maximum Gasteiger partial charge on any atom is 0.283 e. The van der Waals surface area contributed by atoms with Crippen molar-refractivity contribution in [3.05, 3.63) is 108 Å². The van der Waals surface area contributed by atoms with E-state index in [1.807, 2.05) is 48.5 Å². The van der Waals surface area contributed by atoms with Gasteiger partial charge >= 0.3 is 0 Å². The van der Waals surface area contributed by atoms with Gasteiger partial charge in [-0.2, -0.15) is 10.1 Å². The number of aromatic amines is 2. The Bertz CT molecular complexity index is 1560. The summed E-state index contributed by atoms with van der Waals surface area (Å²) in [5.41, 5.74) is 4.11. The number of imide groups is 1. The van der Waals surface area contributed by atoms with Crippen molar-refractivity contribution < 1.29 is 14.0 Å². The predicted octanol–water partition coefficient (Wildman–Crippen LogP) is 5.10. The van der Waals surface area contributed by atoms with Crippen molar-refractivity contribution in [3.63, 3.8) is 0 Å². The van der Waals surface area contributed by atoms with E-state index in [2.05, 4.69) is 15.1 Å². The maximum atomic E-state index is 13.6. The third kappa shape index (κ3) is 3.06. The van der Waals surface area contributed by atoms with Gasteiger partial charge in [0.1, 0.15) is 5.82 Å². The second kappa shape index (κ2) is 7.67. The number of nitrogens with one attached hydrogen (secondary N) is 2. The third-order valence-corrected chi connectivity index (χ3v) is 5.97. The van der Waals surface area contributed by atoms with Gasteiger partial charge in [-0.3, -0.25) is 9.59 Å². The topological polar surface area (TPSA) is 81.3 Å². The Balaban J connectivity index is 1.53. The van der Waals surface area contributed by atoms with E-state index in [0.717, 1.165) is 26.8 Å². The van der Waals surface area contributed by atoms with E-state index in [1.54, 1.807) is 12.4 Å². The van der Waals surface area contributed by atoms with E-state index in [9.17, 15) is 14.0 Å². The molecule has 3 heterocycles. The normalized spacial score (nSPS) is 14.4. The van der Waals surface area contributed by atoms with Gasteiger partial charge in [-0.1, -0.05) is 48.5 Å². The van der Waals surface area contributed by atoms with Crippen LogP contribution in [0.3, 0.4) is 0 Å². The minimum Gasteiger partial charge on any atom is -0.361 e. The minimum atomic E-state index is -0.520. The van der Waals surface area contributed by atoms with Crippen LogP contribution in [0.2, 0.25) is 0 Å². The molecule has 0 bridgehead atoms. The molecule has 0 fully saturated rings. The van der Waals surface area contributed by atoms with E-state index in [0.29, 0.717) is 16.7 Å². The quantitative estimate of drug-likeness (QED) is 0.296. The third-order valence-electron chi connectivity index (χ3n) is 5.97. The van der Waals surface area contributed by atoms with Crippen molar-refractivity contribution in [2.45, 2.75) is 0 Å². The zero-order valence-corrected chi connectivity index (χ0v) is 17.7. The lowest BCUT2D eigenvalue weighted by atomic mass is 9.95. The first kappa shape index (κ1) is 19.9. The van der Waals surface area contributed by atoms with Crippen molar-refractivity contribution in [1.82, 2.24) is 15.0 Å². The molecule has 2 aromatic heterocycles. The van der Waals surface area contributed by atoms with Crippen LogP contribution in [0.4, 0.5) is 4.39 Å². The first-order chi connectivity index (χ1) is 16.6. The van der Waals surface area contributed by atoms with Gasteiger partial charge in [0.05, 0.1) is 17.4 Å². The van der Waals surface area contributed by atoms with Crippen molar-refractivity contribution in [1.29, 1.82) is 0 Å². The van der Waals surface area contributed by atoms with Crippen LogP contribution in [0, 0.1) is 5.82 Å². The molecule has 0 atom stereocenters. The van der Waals surface area contributed by atoms with Crippen molar-refractivity contribution in [2.75, 3.05) is 0 Å². The molecule has 164 valence electrons. The van der Waals surface area contributed by atoms with Crippen LogP contribution in [0.15, 0.2) is 90.3 Å². The van der Waals surface area contributed by atoms with Crippen molar-refractivity contribution in [3.8, 4) is 0 Å². The van der Waals surface area contributed by atoms with Crippen molar-refractivity contribution >= 4 is 51.0 Å². The summed E-state index contributed by atoms with van der Waals surface area (Å²) in [6, 6.07) is 20.9. The summed E-state index contributed by atoms with van der Waals surface area (Å²) < 4.78 is 13.2. The lowest BCUT2D eigenvalue weighted by Crippen LogP contribution is -2.26. The molecule has 7 heteroatoms. The Hall–Kier alpha value is -4.78. The molecule has 6 nitrogen and oxygen atoms in total. The molecule has 6 rings (SSSR count). The SMILES string of the molecule is O=C1C(c2c[nH]c3ccccc23)=C(c2c[nH]c3ccccc23)C(=O)N1/N=C/c1ccc(F)cc1. The lowest BCUT2D eigenvalue weighted by molar-refractivity contribution is -0.135. The molecule has 0 saturated heterocycles. The average Bonchev–Trinajstić information content (AvgIpc) is 3.53. The van der Waals surface area contributed by atoms with E-state index in [1.165, 1.54) is 30.5 Å². The number of carbonyl (C=O) groups excluding carboxylic acids is 2. The Morgan fingerprint density at radius 1 is 0.706 bits per heavy atom. The maximum absolute atomic E-state index is 13.6. The molecular formula is C27H17FN4O2. The average molecular weight is 448 g/mol. The highest BCUT2D eigenvalue weighted by molar-refractivity contribution is 6.50. The fourth-order valence-electron chi connectivity index (χ4n) is 4.35. The van der Waals surface area contributed by atoms with Crippen LogP contribution in [0.5, 0.6) is 0 Å². The van der Waals surface area contributed by atoms with Crippen LogP contribution >= 0.6 is 0 Å². The predicted molar refractivity (Wildman–Crippen MR) is 129 cm³/mol. The van der Waals surface area contributed by atoms with Crippen LogP contribution in [-0.2, 0) is 9.59 Å². The number of hydrogen-bond donors (Lipinski definition) is 2. The van der Waals surface area contributed by atoms with E-state index in [-0.39, 0.29) is 17.0 Å². The van der Waals surface area contributed by atoms with Gasteiger partial charge in [-0.25, -0.2) is 4.39 Å². The van der Waals surface area contributed by atoms with Gasteiger partial charge in [0, 0.05) is 45.3 Å². The number of fused-ring (bicyclic) bond motifs is 2. The first-order valence-corrected chi connectivity index (χ1v) is 10.7. The second-order valence-electron chi connectivity index (χ2n) is 7.96. The number of H-pyrrole nitrogens is 2. The molecular weight excluding hydrogens is 431 g/mol. The molecule has 0 saturated carbocycles. The Morgan fingerprint density at radius 3 is 1.74 bits per heavy atom. The van der Waals surface area contributed by atoms with E-state index < -0.39 is 11.8 Å². The zero-order chi connectivity index (χ0) is 23.2. The summed E-state index contributed by atoms with van der Waals surface area (Å²) in [6.07, 6.45) is 4.86. The van der Waals surface area contributed by atoms with Crippen LogP contribution in [-0.4, -0.2) is 33.0 Å². The van der Waals surface area contributed by atoms with Crippen LogP contribution in [0.1, 0.15) is 16.7 Å². The number of hydrazone groups is 1. The molecule has 2 amide bonds. The lowest BCUT2D eigenvalue weighted by Gasteiger charge is -2.07. The standard InChI is InChI=1S/C27H17FN4O2/c28-17-11-9-16(10-12-17)13-31-32-26(33)24(20-14-29-22-7-3-1-5-18(20)22)25(27(32)34)21-15-30-23-8-4-2-6-19(21)23/h1-15,29-30H/b31-13+. The summed E-state index contributed by atoms with van der Waals surface area (Å²) in [4.78, 5) is 33.6. The Labute approximate surface area is 193 Å². The molecule has 1 aliphatic rings. The zero-order valence-electron chi connectivity index (χ0n) is 17.7. The van der Waals surface area contributed by atoms with E-state index in [4.69, 9.17) is 0 Å².